The number of halogens is 1. The van der Waals surface area contributed by atoms with E-state index in [2.05, 4.69) is 35.3 Å². The smallest absolute Gasteiger partial charge is 0.287 e. The van der Waals surface area contributed by atoms with Gasteiger partial charge in [0.2, 0.25) is 0 Å². The molecule has 1 aliphatic heterocycles. The van der Waals surface area contributed by atoms with Crippen molar-refractivity contribution in [3.05, 3.63) is 69.4 Å². The quantitative estimate of drug-likeness (QED) is 0.548. The molecule has 1 atom stereocenters. The molecule has 0 radical (unpaired) electrons. The Hall–Kier alpha value is -2.30. The predicted octanol–water partition coefficient (Wildman–Crippen LogP) is 5.97. The summed E-state index contributed by atoms with van der Waals surface area (Å²) >= 11 is 6.09. The van der Waals surface area contributed by atoms with Crippen LogP contribution in [-0.4, -0.2) is 30.4 Å². The highest BCUT2D eigenvalue weighted by Gasteiger charge is 2.25. The number of carbonyl (C=O) groups is 1. The van der Waals surface area contributed by atoms with Crippen molar-refractivity contribution in [2.24, 2.45) is 0 Å². The number of likely N-dealkylation sites (tertiary alicyclic amines) is 1. The second kappa shape index (κ2) is 8.83. The van der Waals surface area contributed by atoms with E-state index >= 15 is 0 Å². The van der Waals surface area contributed by atoms with Crippen molar-refractivity contribution in [3.63, 3.8) is 0 Å². The van der Waals surface area contributed by atoms with Crippen LogP contribution in [0.2, 0.25) is 5.02 Å². The summed E-state index contributed by atoms with van der Waals surface area (Å²) in [5, 5.41) is 4.90. The van der Waals surface area contributed by atoms with Crippen LogP contribution in [0.25, 0.3) is 11.0 Å². The summed E-state index contributed by atoms with van der Waals surface area (Å²) in [4.78, 5) is 15.5. The third-order valence-corrected chi connectivity index (χ3v) is 6.37. The fourth-order valence-corrected chi connectivity index (χ4v) is 4.77. The van der Waals surface area contributed by atoms with Gasteiger partial charge in [0.1, 0.15) is 5.58 Å². The standard InChI is InChI=1S/C25H29ClN2O2/c1-16-13-17(2)23-18(3)24(30-22(23)14-16)25(29)27-15-21(28-11-5-4-6-12-28)19-7-9-20(26)10-8-19/h7-10,13-14,21H,4-6,11-12,15H2,1-3H3,(H,27,29)/t21-/m1/s1. The maximum Gasteiger partial charge on any atom is 0.287 e. The number of amides is 1. The normalized spacial score (nSPS) is 16.0. The number of benzene rings is 2. The maximum atomic E-state index is 13.1. The van der Waals surface area contributed by atoms with Crippen molar-refractivity contribution in [1.82, 2.24) is 10.2 Å². The highest BCUT2D eigenvalue weighted by atomic mass is 35.5. The number of aryl methyl sites for hydroxylation is 3. The first-order chi connectivity index (χ1) is 14.4. The fourth-order valence-electron chi connectivity index (χ4n) is 4.65. The minimum Gasteiger partial charge on any atom is -0.451 e. The number of hydrogen-bond acceptors (Lipinski definition) is 3. The molecule has 158 valence electrons. The molecule has 3 aromatic rings. The molecule has 1 aliphatic rings. The summed E-state index contributed by atoms with van der Waals surface area (Å²) in [5.74, 6) is 0.254. The second-order valence-electron chi connectivity index (χ2n) is 8.39. The lowest BCUT2D eigenvalue weighted by Crippen LogP contribution is -2.40. The SMILES string of the molecule is Cc1cc(C)c2c(C)c(C(=O)NC[C@H](c3ccc(Cl)cc3)N3CCCCC3)oc2c1. The number of carbonyl (C=O) groups excluding carboxylic acids is 1. The molecule has 1 saturated heterocycles. The molecule has 1 amide bonds. The second-order valence-corrected chi connectivity index (χ2v) is 8.82. The number of fused-ring (bicyclic) bond motifs is 1. The van der Waals surface area contributed by atoms with Gasteiger partial charge in [-0.1, -0.05) is 36.2 Å². The fraction of sp³-hybridized carbons (Fsp3) is 0.400. The van der Waals surface area contributed by atoms with E-state index in [1.165, 1.54) is 24.8 Å². The Kier molecular flexibility index (Phi) is 6.16. The van der Waals surface area contributed by atoms with Crippen LogP contribution in [0, 0.1) is 20.8 Å². The molecule has 4 nitrogen and oxygen atoms in total. The number of rotatable bonds is 5. The van der Waals surface area contributed by atoms with E-state index in [4.69, 9.17) is 16.0 Å². The van der Waals surface area contributed by atoms with Gasteiger partial charge in [0.15, 0.2) is 5.76 Å². The summed E-state index contributed by atoms with van der Waals surface area (Å²) in [7, 11) is 0. The van der Waals surface area contributed by atoms with Gasteiger partial charge in [0, 0.05) is 22.5 Å². The van der Waals surface area contributed by atoms with Gasteiger partial charge in [-0.2, -0.15) is 0 Å². The van der Waals surface area contributed by atoms with Crippen LogP contribution in [0.15, 0.2) is 40.8 Å². The minimum atomic E-state index is -0.156. The van der Waals surface area contributed by atoms with E-state index in [0.717, 1.165) is 45.8 Å². The monoisotopic (exact) mass is 424 g/mol. The molecule has 1 N–H and O–H groups in total. The molecule has 1 aromatic heterocycles. The zero-order valence-corrected chi connectivity index (χ0v) is 18.7. The van der Waals surface area contributed by atoms with Gasteiger partial charge in [-0.3, -0.25) is 9.69 Å². The van der Waals surface area contributed by atoms with E-state index in [0.29, 0.717) is 12.3 Å². The van der Waals surface area contributed by atoms with Crippen molar-refractivity contribution < 1.29 is 9.21 Å². The van der Waals surface area contributed by atoms with E-state index in [-0.39, 0.29) is 11.9 Å². The van der Waals surface area contributed by atoms with Gasteiger partial charge in [-0.05, 0) is 81.6 Å². The molecule has 30 heavy (non-hydrogen) atoms. The molecule has 0 spiro atoms. The van der Waals surface area contributed by atoms with Crippen molar-refractivity contribution >= 4 is 28.5 Å². The van der Waals surface area contributed by atoms with Crippen LogP contribution < -0.4 is 5.32 Å². The van der Waals surface area contributed by atoms with E-state index in [9.17, 15) is 4.79 Å². The molecular weight excluding hydrogens is 396 g/mol. The highest BCUT2D eigenvalue weighted by Crippen LogP contribution is 2.30. The molecule has 0 bridgehead atoms. The topological polar surface area (TPSA) is 45.5 Å². The summed E-state index contributed by atoms with van der Waals surface area (Å²) in [6, 6.07) is 12.2. The van der Waals surface area contributed by atoms with Gasteiger partial charge in [-0.25, -0.2) is 0 Å². The average Bonchev–Trinajstić information content (AvgIpc) is 3.06. The lowest BCUT2D eigenvalue weighted by atomic mass is 10.0. The maximum absolute atomic E-state index is 13.1. The number of hydrogen-bond donors (Lipinski definition) is 1. The lowest BCUT2D eigenvalue weighted by Gasteiger charge is -2.35. The zero-order chi connectivity index (χ0) is 21.3. The van der Waals surface area contributed by atoms with Crippen LogP contribution >= 0.6 is 11.6 Å². The zero-order valence-electron chi connectivity index (χ0n) is 17.9. The number of furan rings is 1. The van der Waals surface area contributed by atoms with Gasteiger partial charge >= 0.3 is 0 Å². The largest absolute Gasteiger partial charge is 0.451 e. The molecule has 0 aliphatic carbocycles. The van der Waals surface area contributed by atoms with Crippen molar-refractivity contribution in [2.75, 3.05) is 19.6 Å². The van der Waals surface area contributed by atoms with Crippen molar-refractivity contribution in [2.45, 2.75) is 46.1 Å². The molecule has 2 aromatic carbocycles. The van der Waals surface area contributed by atoms with Crippen LogP contribution in [0.3, 0.4) is 0 Å². The molecule has 0 saturated carbocycles. The predicted molar refractivity (Wildman–Crippen MR) is 122 cm³/mol. The molecule has 4 rings (SSSR count). The Labute approximate surface area is 183 Å². The Morgan fingerprint density at radius 2 is 1.80 bits per heavy atom. The lowest BCUT2D eigenvalue weighted by molar-refractivity contribution is 0.0898. The van der Waals surface area contributed by atoms with Crippen molar-refractivity contribution in [3.8, 4) is 0 Å². The average molecular weight is 425 g/mol. The highest BCUT2D eigenvalue weighted by molar-refractivity contribution is 6.30. The molecule has 1 fully saturated rings. The molecule has 5 heteroatoms. The Morgan fingerprint density at radius 3 is 2.50 bits per heavy atom. The molecular formula is C25H29ClN2O2. The summed E-state index contributed by atoms with van der Waals surface area (Å²) < 4.78 is 5.98. The van der Waals surface area contributed by atoms with Crippen LogP contribution in [0.4, 0.5) is 0 Å². The van der Waals surface area contributed by atoms with Crippen LogP contribution in [0.1, 0.15) is 58.1 Å². The number of nitrogens with one attached hydrogen (secondary N) is 1. The number of nitrogens with zero attached hydrogens (tertiary/aromatic N) is 1. The van der Waals surface area contributed by atoms with Crippen molar-refractivity contribution in [1.29, 1.82) is 0 Å². The molecule has 2 heterocycles. The third kappa shape index (κ3) is 4.26. The molecule has 0 unspecified atom stereocenters. The minimum absolute atomic E-state index is 0.125. The Morgan fingerprint density at radius 1 is 1.10 bits per heavy atom. The first-order valence-electron chi connectivity index (χ1n) is 10.7. The van der Waals surface area contributed by atoms with Gasteiger partial charge in [0.25, 0.3) is 5.91 Å². The van der Waals surface area contributed by atoms with Crippen LogP contribution in [-0.2, 0) is 0 Å². The Balaban J connectivity index is 1.56. The summed E-state index contributed by atoms with van der Waals surface area (Å²) in [5.41, 5.74) is 5.13. The first kappa shape index (κ1) is 21.0. The Bertz CT molecular complexity index is 1050. The first-order valence-corrected chi connectivity index (χ1v) is 11.1. The van der Waals surface area contributed by atoms with Crippen LogP contribution in [0.5, 0.6) is 0 Å². The summed E-state index contributed by atoms with van der Waals surface area (Å²) in [6.07, 6.45) is 3.66. The van der Waals surface area contributed by atoms with E-state index in [1.807, 2.05) is 32.0 Å². The van der Waals surface area contributed by atoms with E-state index < -0.39 is 0 Å². The van der Waals surface area contributed by atoms with Gasteiger partial charge < -0.3 is 9.73 Å². The number of piperidine rings is 1. The van der Waals surface area contributed by atoms with Gasteiger partial charge in [-0.15, -0.1) is 0 Å². The van der Waals surface area contributed by atoms with E-state index in [1.54, 1.807) is 0 Å². The summed E-state index contributed by atoms with van der Waals surface area (Å²) in [6.45, 7) is 8.70. The van der Waals surface area contributed by atoms with Gasteiger partial charge in [0.05, 0.1) is 6.04 Å². The third-order valence-electron chi connectivity index (χ3n) is 6.12.